The third kappa shape index (κ3) is 2.65. The Labute approximate surface area is 128 Å². The Kier molecular flexibility index (Phi) is 3.68. The summed E-state index contributed by atoms with van der Waals surface area (Å²) in [6, 6.07) is 21.2. The van der Waals surface area contributed by atoms with Gasteiger partial charge in [-0.15, -0.1) is 0 Å². The first-order chi connectivity index (χ1) is 10.3. The average molecular weight is 291 g/mol. The van der Waals surface area contributed by atoms with Gasteiger partial charge >= 0.3 is 0 Å². The number of halogens is 1. The normalized spacial score (nSPS) is 10.1. The van der Waals surface area contributed by atoms with Gasteiger partial charge in [-0.05, 0) is 18.2 Å². The average Bonchev–Trinajstić information content (AvgIpc) is 2.55. The van der Waals surface area contributed by atoms with E-state index in [0.29, 0.717) is 10.6 Å². The first kappa shape index (κ1) is 13.4. The standard InChI is InChI=1S/C18H11ClN2/c19-17-8-4-3-6-15(17)14-9-10-18(21-12-14)16-7-2-1-5-13(16)11-20/h1-10,12H. The highest BCUT2D eigenvalue weighted by Crippen LogP contribution is 2.29. The minimum absolute atomic E-state index is 0.621. The monoisotopic (exact) mass is 290 g/mol. The highest BCUT2D eigenvalue weighted by atomic mass is 35.5. The SMILES string of the molecule is N#Cc1ccccc1-c1ccc(-c2ccccc2Cl)cn1. The van der Waals surface area contributed by atoms with Gasteiger partial charge in [0.25, 0.3) is 0 Å². The molecule has 2 nitrogen and oxygen atoms in total. The Morgan fingerprint density at radius 3 is 2.24 bits per heavy atom. The zero-order valence-corrected chi connectivity index (χ0v) is 11.9. The maximum atomic E-state index is 9.15. The number of hydrogen-bond donors (Lipinski definition) is 0. The van der Waals surface area contributed by atoms with Crippen molar-refractivity contribution < 1.29 is 0 Å². The van der Waals surface area contributed by atoms with Gasteiger partial charge in [-0.3, -0.25) is 4.98 Å². The molecule has 0 N–H and O–H groups in total. The van der Waals surface area contributed by atoms with Crippen LogP contribution in [-0.2, 0) is 0 Å². The van der Waals surface area contributed by atoms with Crippen molar-refractivity contribution in [3.63, 3.8) is 0 Å². The molecular formula is C18H11ClN2. The molecule has 0 atom stereocenters. The Bertz CT molecular complexity index is 817. The van der Waals surface area contributed by atoms with Gasteiger partial charge in [-0.1, -0.05) is 54.1 Å². The lowest BCUT2D eigenvalue weighted by molar-refractivity contribution is 1.32. The number of benzene rings is 2. The summed E-state index contributed by atoms with van der Waals surface area (Å²) in [5, 5.41) is 9.85. The highest BCUT2D eigenvalue weighted by Gasteiger charge is 2.07. The molecule has 0 unspecified atom stereocenters. The van der Waals surface area contributed by atoms with E-state index in [1.807, 2.05) is 54.6 Å². The fourth-order valence-corrected chi connectivity index (χ4v) is 2.46. The van der Waals surface area contributed by atoms with Crippen LogP contribution >= 0.6 is 11.6 Å². The Hall–Kier alpha value is -2.63. The van der Waals surface area contributed by atoms with Gasteiger partial charge in [-0.25, -0.2) is 0 Å². The molecule has 0 spiro atoms. The molecule has 0 bridgehead atoms. The maximum absolute atomic E-state index is 9.15. The van der Waals surface area contributed by atoms with E-state index in [4.69, 9.17) is 16.9 Å². The van der Waals surface area contributed by atoms with Gasteiger partial charge in [0.05, 0.1) is 17.3 Å². The third-order valence-electron chi connectivity index (χ3n) is 3.27. The Morgan fingerprint density at radius 2 is 1.57 bits per heavy atom. The zero-order valence-electron chi connectivity index (χ0n) is 11.1. The Balaban J connectivity index is 2.03. The largest absolute Gasteiger partial charge is 0.256 e. The molecule has 2 aromatic carbocycles. The van der Waals surface area contributed by atoms with Gasteiger partial charge in [0.1, 0.15) is 0 Å². The summed E-state index contributed by atoms with van der Waals surface area (Å²) in [4.78, 5) is 4.47. The van der Waals surface area contributed by atoms with Crippen LogP contribution < -0.4 is 0 Å². The fraction of sp³-hybridized carbons (Fsp3) is 0. The molecule has 0 fully saturated rings. The molecule has 0 aliphatic rings. The number of pyridine rings is 1. The number of rotatable bonds is 2. The van der Waals surface area contributed by atoms with E-state index in [1.165, 1.54) is 0 Å². The van der Waals surface area contributed by atoms with Gasteiger partial charge in [0.2, 0.25) is 0 Å². The number of aromatic nitrogens is 1. The van der Waals surface area contributed by atoms with Crippen LogP contribution in [0.2, 0.25) is 5.02 Å². The van der Waals surface area contributed by atoms with Gasteiger partial charge < -0.3 is 0 Å². The second-order valence-corrected chi connectivity index (χ2v) is 4.98. The molecule has 0 radical (unpaired) electrons. The van der Waals surface area contributed by atoms with E-state index in [9.17, 15) is 0 Å². The van der Waals surface area contributed by atoms with Gasteiger partial charge in [0.15, 0.2) is 0 Å². The predicted molar refractivity (Wildman–Crippen MR) is 84.8 cm³/mol. The van der Waals surface area contributed by atoms with Gasteiger partial charge in [-0.2, -0.15) is 5.26 Å². The van der Waals surface area contributed by atoms with Crippen molar-refractivity contribution in [2.24, 2.45) is 0 Å². The van der Waals surface area contributed by atoms with E-state index in [1.54, 1.807) is 12.3 Å². The first-order valence-corrected chi connectivity index (χ1v) is 6.88. The minimum atomic E-state index is 0.621. The maximum Gasteiger partial charge on any atom is 0.0998 e. The van der Waals surface area contributed by atoms with Crippen LogP contribution in [0.3, 0.4) is 0 Å². The second-order valence-electron chi connectivity index (χ2n) is 4.57. The van der Waals surface area contributed by atoms with E-state index >= 15 is 0 Å². The van der Waals surface area contributed by atoms with Crippen molar-refractivity contribution in [1.29, 1.82) is 5.26 Å². The lowest BCUT2D eigenvalue weighted by Gasteiger charge is -2.06. The number of nitriles is 1. The quantitative estimate of drug-likeness (QED) is 0.670. The minimum Gasteiger partial charge on any atom is -0.256 e. The lowest BCUT2D eigenvalue weighted by atomic mass is 10.0. The van der Waals surface area contributed by atoms with Crippen LogP contribution in [0.4, 0.5) is 0 Å². The molecule has 0 amide bonds. The molecular weight excluding hydrogens is 280 g/mol. The molecule has 100 valence electrons. The van der Waals surface area contributed by atoms with E-state index in [2.05, 4.69) is 11.1 Å². The summed E-state index contributed by atoms with van der Waals surface area (Å²) in [6.07, 6.45) is 1.78. The van der Waals surface area contributed by atoms with Crippen LogP contribution in [0, 0.1) is 11.3 Å². The van der Waals surface area contributed by atoms with E-state index in [0.717, 1.165) is 22.4 Å². The molecule has 3 aromatic rings. The summed E-state index contributed by atoms with van der Waals surface area (Å²) < 4.78 is 0. The van der Waals surface area contributed by atoms with Gasteiger partial charge in [0, 0.05) is 27.9 Å². The fourth-order valence-electron chi connectivity index (χ4n) is 2.21. The predicted octanol–water partition coefficient (Wildman–Crippen LogP) is 4.94. The lowest BCUT2D eigenvalue weighted by Crippen LogP contribution is -1.88. The molecule has 0 aliphatic heterocycles. The summed E-state index contributed by atoms with van der Waals surface area (Å²) >= 11 is 6.19. The summed E-state index contributed by atoms with van der Waals surface area (Å²) in [5.41, 5.74) is 4.15. The second kappa shape index (κ2) is 5.78. The first-order valence-electron chi connectivity index (χ1n) is 6.50. The van der Waals surface area contributed by atoms with E-state index < -0.39 is 0 Å². The Morgan fingerprint density at radius 1 is 0.857 bits per heavy atom. The molecule has 3 rings (SSSR count). The van der Waals surface area contributed by atoms with E-state index in [-0.39, 0.29) is 0 Å². The van der Waals surface area contributed by atoms with Crippen molar-refractivity contribution in [2.45, 2.75) is 0 Å². The topological polar surface area (TPSA) is 36.7 Å². The molecule has 0 aliphatic carbocycles. The molecule has 3 heteroatoms. The van der Waals surface area contributed by atoms with Crippen LogP contribution in [0.5, 0.6) is 0 Å². The van der Waals surface area contributed by atoms with Crippen molar-refractivity contribution in [3.05, 3.63) is 77.4 Å². The van der Waals surface area contributed by atoms with Crippen molar-refractivity contribution in [1.82, 2.24) is 4.98 Å². The zero-order chi connectivity index (χ0) is 14.7. The van der Waals surface area contributed by atoms with Crippen molar-refractivity contribution >= 4 is 11.6 Å². The van der Waals surface area contributed by atoms with Crippen LogP contribution in [0.1, 0.15) is 5.56 Å². The summed E-state index contributed by atoms with van der Waals surface area (Å²) in [6.45, 7) is 0. The van der Waals surface area contributed by atoms with Crippen LogP contribution in [0.25, 0.3) is 22.4 Å². The smallest absolute Gasteiger partial charge is 0.0998 e. The highest BCUT2D eigenvalue weighted by molar-refractivity contribution is 6.33. The summed E-state index contributed by atoms with van der Waals surface area (Å²) in [5.74, 6) is 0. The van der Waals surface area contributed by atoms with Crippen molar-refractivity contribution in [3.8, 4) is 28.5 Å². The number of nitrogens with zero attached hydrogens (tertiary/aromatic N) is 2. The molecule has 0 saturated heterocycles. The van der Waals surface area contributed by atoms with Crippen molar-refractivity contribution in [2.75, 3.05) is 0 Å². The third-order valence-corrected chi connectivity index (χ3v) is 3.60. The summed E-state index contributed by atoms with van der Waals surface area (Å²) in [7, 11) is 0. The molecule has 1 heterocycles. The molecule has 0 saturated carbocycles. The van der Waals surface area contributed by atoms with Crippen LogP contribution in [0.15, 0.2) is 66.9 Å². The molecule has 21 heavy (non-hydrogen) atoms. The number of hydrogen-bond acceptors (Lipinski definition) is 2. The molecule has 1 aromatic heterocycles. The van der Waals surface area contributed by atoms with Crippen LogP contribution in [-0.4, -0.2) is 4.98 Å².